The average molecular weight is 453 g/mol. The van der Waals surface area contributed by atoms with Crippen molar-refractivity contribution in [1.82, 2.24) is 0 Å². The third kappa shape index (κ3) is 10.9. The molecule has 0 radical (unpaired) electrons. The van der Waals surface area contributed by atoms with Gasteiger partial charge in [0.15, 0.2) is 0 Å². The predicted molar refractivity (Wildman–Crippen MR) is 122 cm³/mol. The van der Waals surface area contributed by atoms with Crippen LogP contribution in [0.3, 0.4) is 0 Å². The number of hydrogen-bond acceptors (Lipinski definition) is 7. The minimum absolute atomic E-state index is 0.204. The van der Waals surface area contributed by atoms with Gasteiger partial charge >= 0.3 is 17.9 Å². The maximum Gasteiger partial charge on any atom is 0.305 e. The second kappa shape index (κ2) is 15.6. The van der Waals surface area contributed by atoms with E-state index in [0.29, 0.717) is 12.8 Å². The molecule has 5 atom stereocenters. The van der Waals surface area contributed by atoms with Crippen LogP contribution in [0.4, 0.5) is 0 Å². The van der Waals surface area contributed by atoms with Crippen molar-refractivity contribution in [2.24, 2.45) is 11.8 Å². The Morgan fingerprint density at radius 1 is 1.03 bits per heavy atom. The minimum Gasteiger partial charge on any atom is -0.469 e. The quantitative estimate of drug-likeness (QED) is 0.182. The molecule has 1 rings (SSSR count). The number of carbonyl (C=O) groups excluding carboxylic acids is 3. The van der Waals surface area contributed by atoms with Gasteiger partial charge < -0.3 is 19.3 Å². The summed E-state index contributed by atoms with van der Waals surface area (Å²) < 4.78 is 15.6. The third-order valence-corrected chi connectivity index (χ3v) is 5.65. The maximum absolute atomic E-state index is 11.6. The van der Waals surface area contributed by atoms with Crippen LogP contribution in [0.2, 0.25) is 0 Å². The van der Waals surface area contributed by atoms with Gasteiger partial charge in [-0.15, -0.1) is 0 Å². The summed E-state index contributed by atoms with van der Waals surface area (Å²) in [7, 11) is 1.38. The highest BCUT2D eigenvalue weighted by Gasteiger charge is 2.41. The molecule has 0 aromatic heterocycles. The molecule has 1 aliphatic rings. The van der Waals surface area contributed by atoms with Gasteiger partial charge in [0.2, 0.25) is 0 Å². The number of allylic oxidation sites excluding steroid dienone is 1. The van der Waals surface area contributed by atoms with Gasteiger partial charge in [-0.05, 0) is 38.2 Å². The number of unbranched alkanes of at least 4 members (excludes halogenated alkanes) is 4. The lowest BCUT2D eigenvalue weighted by Gasteiger charge is -2.21. The largest absolute Gasteiger partial charge is 0.469 e. The summed E-state index contributed by atoms with van der Waals surface area (Å²) in [4.78, 5) is 34.3. The second-order valence-corrected chi connectivity index (χ2v) is 8.38. The van der Waals surface area contributed by atoms with Gasteiger partial charge in [-0.3, -0.25) is 14.4 Å². The van der Waals surface area contributed by atoms with Gasteiger partial charge in [0.05, 0.1) is 13.2 Å². The molecule has 1 N–H and O–H groups in total. The fourth-order valence-electron chi connectivity index (χ4n) is 4.05. The molecule has 0 aromatic rings. The molecule has 1 aliphatic carbocycles. The lowest BCUT2D eigenvalue weighted by molar-refractivity contribution is -0.147. The van der Waals surface area contributed by atoms with Gasteiger partial charge in [-0.25, -0.2) is 0 Å². The molecule has 7 nitrogen and oxygen atoms in total. The smallest absolute Gasteiger partial charge is 0.305 e. The van der Waals surface area contributed by atoms with E-state index in [0.717, 1.165) is 44.9 Å². The van der Waals surface area contributed by atoms with Crippen molar-refractivity contribution in [3.8, 4) is 0 Å². The van der Waals surface area contributed by atoms with Crippen molar-refractivity contribution < 1.29 is 33.7 Å². The van der Waals surface area contributed by atoms with Gasteiger partial charge in [0, 0.05) is 38.5 Å². The van der Waals surface area contributed by atoms with Crippen molar-refractivity contribution in [1.29, 1.82) is 0 Å². The molecule has 0 spiro atoms. The van der Waals surface area contributed by atoms with Crippen LogP contribution in [0, 0.1) is 11.8 Å². The standard InChI is InChI=1S/C25H40O7/c1-5-6-9-12-20(31-18(2)26)15-16-22-21(23(28)17-24(22)32-19(3)27)13-10-7-8-11-14-25(29)30-4/h10,13,15-16,20-24,28H,5-9,11-12,14,17H2,1-4H3/b13-10-,16-15+/t20-,21+,22+,23-,24+/m0/s1. The van der Waals surface area contributed by atoms with Crippen LogP contribution < -0.4 is 0 Å². The van der Waals surface area contributed by atoms with Crippen molar-refractivity contribution in [3.63, 3.8) is 0 Å². The third-order valence-electron chi connectivity index (χ3n) is 5.65. The first-order valence-corrected chi connectivity index (χ1v) is 11.7. The molecule has 0 bridgehead atoms. The van der Waals surface area contributed by atoms with Crippen molar-refractivity contribution in [3.05, 3.63) is 24.3 Å². The van der Waals surface area contributed by atoms with Crippen LogP contribution in [0.15, 0.2) is 24.3 Å². The molecule has 32 heavy (non-hydrogen) atoms. The molecule has 0 heterocycles. The van der Waals surface area contributed by atoms with Crippen LogP contribution in [-0.2, 0) is 28.6 Å². The molecule has 0 aliphatic heterocycles. The SMILES string of the molecule is CCCCC[C@@H](/C=C/[C@@H]1[C@@H](/C=C\CCCCC(=O)OC)[C@@H](O)C[C@H]1OC(C)=O)OC(C)=O. The molecule has 0 saturated heterocycles. The minimum atomic E-state index is -0.632. The summed E-state index contributed by atoms with van der Waals surface area (Å²) in [5.41, 5.74) is 0. The summed E-state index contributed by atoms with van der Waals surface area (Å²) in [5, 5.41) is 10.6. The Bertz CT molecular complexity index is 640. The Kier molecular flexibility index (Phi) is 13.6. The topological polar surface area (TPSA) is 99.1 Å². The number of ether oxygens (including phenoxy) is 3. The first-order valence-electron chi connectivity index (χ1n) is 11.7. The molecule has 0 amide bonds. The van der Waals surface area contributed by atoms with E-state index in [1.807, 2.05) is 24.3 Å². The van der Waals surface area contributed by atoms with E-state index in [-0.39, 0.29) is 35.8 Å². The summed E-state index contributed by atoms with van der Waals surface area (Å²) in [5.74, 6) is -1.33. The molecule has 0 unspecified atom stereocenters. The zero-order chi connectivity index (χ0) is 23.9. The summed E-state index contributed by atoms with van der Waals surface area (Å²) >= 11 is 0. The predicted octanol–water partition coefficient (Wildman–Crippen LogP) is 4.27. The molecule has 1 saturated carbocycles. The van der Waals surface area contributed by atoms with E-state index in [9.17, 15) is 19.5 Å². The average Bonchev–Trinajstić information content (AvgIpc) is 3.01. The van der Waals surface area contributed by atoms with E-state index in [4.69, 9.17) is 9.47 Å². The molecule has 182 valence electrons. The fourth-order valence-corrected chi connectivity index (χ4v) is 4.05. The van der Waals surface area contributed by atoms with Crippen molar-refractivity contribution in [2.45, 2.75) is 96.9 Å². The Balaban J connectivity index is 2.83. The lowest BCUT2D eigenvalue weighted by Crippen LogP contribution is -2.23. The first kappa shape index (κ1) is 27.9. The van der Waals surface area contributed by atoms with Gasteiger partial charge in [-0.1, -0.05) is 38.0 Å². The van der Waals surface area contributed by atoms with E-state index in [1.54, 1.807) is 0 Å². The van der Waals surface area contributed by atoms with Crippen molar-refractivity contribution >= 4 is 17.9 Å². The monoisotopic (exact) mass is 452 g/mol. The zero-order valence-corrected chi connectivity index (χ0v) is 20.0. The van der Waals surface area contributed by atoms with E-state index < -0.39 is 12.2 Å². The summed E-state index contributed by atoms with van der Waals surface area (Å²) in [6.07, 6.45) is 13.3. The molecular formula is C25H40O7. The van der Waals surface area contributed by atoms with Crippen LogP contribution in [0.5, 0.6) is 0 Å². The maximum atomic E-state index is 11.6. The number of carbonyl (C=O) groups is 3. The number of esters is 3. The Morgan fingerprint density at radius 3 is 2.41 bits per heavy atom. The van der Waals surface area contributed by atoms with Crippen LogP contribution in [-0.4, -0.2) is 48.4 Å². The summed E-state index contributed by atoms with van der Waals surface area (Å²) in [6, 6.07) is 0. The van der Waals surface area contributed by atoms with E-state index in [1.165, 1.54) is 21.0 Å². The number of methoxy groups -OCH3 is 1. The number of hydrogen-bond donors (Lipinski definition) is 1. The van der Waals surface area contributed by atoms with Gasteiger partial charge in [0.25, 0.3) is 0 Å². The van der Waals surface area contributed by atoms with Gasteiger partial charge in [-0.2, -0.15) is 0 Å². The van der Waals surface area contributed by atoms with E-state index in [2.05, 4.69) is 11.7 Å². The van der Waals surface area contributed by atoms with Crippen LogP contribution in [0.1, 0.15) is 78.6 Å². The number of aliphatic hydroxyl groups is 1. The van der Waals surface area contributed by atoms with E-state index >= 15 is 0 Å². The Hall–Kier alpha value is -2.15. The highest BCUT2D eigenvalue weighted by atomic mass is 16.5. The molecule has 7 heteroatoms. The first-order chi connectivity index (χ1) is 15.3. The number of rotatable bonds is 14. The lowest BCUT2D eigenvalue weighted by atomic mass is 9.91. The molecular weight excluding hydrogens is 412 g/mol. The molecule has 1 fully saturated rings. The zero-order valence-electron chi connectivity index (χ0n) is 20.0. The van der Waals surface area contributed by atoms with Gasteiger partial charge in [0.1, 0.15) is 12.2 Å². The second-order valence-electron chi connectivity index (χ2n) is 8.38. The fraction of sp³-hybridized carbons (Fsp3) is 0.720. The van der Waals surface area contributed by atoms with Crippen LogP contribution in [0.25, 0.3) is 0 Å². The highest BCUT2D eigenvalue weighted by Crippen LogP contribution is 2.37. The van der Waals surface area contributed by atoms with Crippen molar-refractivity contribution in [2.75, 3.05) is 7.11 Å². The number of aliphatic hydroxyl groups excluding tert-OH is 1. The van der Waals surface area contributed by atoms with Crippen LogP contribution >= 0.6 is 0 Å². The normalized spacial score (nSPS) is 24.0. The Morgan fingerprint density at radius 2 is 1.78 bits per heavy atom. The molecule has 0 aromatic carbocycles. The highest BCUT2D eigenvalue weighted by molar-refractivity contribution is 5.69. The summed E-state index contributed by atoms with van der Waals surface area (Å²) in [6.45, 7) is 4.88. The Labute approximate surface area is 192 Å².